The third kappa shape index (κ3) is 4.18. The number of rotatable bonds is 5. The monoisotopic (exact) mass is 418 g/mol. The first-order chi connectivity index (χ1) is 14.5. The van der Waals surface area contributed by atoms with Crippen molar-refractivity contribution in [3.8, 4) is 22.8 Å². The molecule has 1 amide bonds. The van der Waals surface area contributed by atoms with Gasteiger partial charge in [0.05, 0.1) is 12.8 Å². The molecule has 0 fully saturated rings. The molecule has 4 aromatic rings. The van der Waals surface area contributed by atoms with E-state index >= 15 is 0 Å². The van der Waals surface area contributed by atoms with Crippen molar-refractivity contribution in [1.82, 2.24) is 14.8 Å². The first kappa shape index (κ1) is 19.7. The first-order valence-corrected chi connectivity index (χ1v) is 9.67. The number of methoxy groups -OCH3 is 1. The fourth-order valence-corrected chi connectivity index (χ4v) is 3.13. The van der Waals surface area contributed by atoms with Gasteiger partial charge in [0.2, 0.25) is 5.82 Å². The lowest BCUT2D eigenvalue weighted by Gasteiger charge is -2.07. The van der Waals surface area contributed by atoms with Gasteiger partial charge < -0.3 is 10.1 Å². The SMILES string of the molecule is COc1ccc(-c2nc(C(=O)Nc3cccc(C)c3)nn2-c2ccc(Cl)cc2)cc1. The zero-order chi connectivity index (χ0) is 21.1. The van der Waals surface area contributed by atoms with E-state index in [1.807, 2.05) is 67.6 Å². The lowest BCUT2D eigenvalue weighted by Crippen LogP contribution is -2.14. The Morgan fingerprint density at radius 2 is 1.77 bits per heavy atom. The minimum atomic E-state index is -0.386. The molecule has 0 unspecified atom stereocenters. The fraction of sp³-hybridized carbons (Fsp3) is 0.0870. The van der Waals surface area contributed by atoms with Crippen LogP contribution in [-0.4, -0.2) is 27.8 Å². The summed E-state index contributed by atoms with van der Waals surface area (Å²) < 4.78 is 6.86. The number of carbonyl (C=O) groups is 1. The highest BCUT2D eigenvalue weighted by Gasteiger charge is 2.19. The average Bonchev–Trinajstić information content (AvgIpc) is 3.20. The van der Waals surface area contributed by atoms with Gasteiger partial charge in [0.25, 0.3) is 5.91 Å². The second kappa shape index (κ2) is 8.39. The van der Waals surface area contributed by atoms with Crippen LogP contribution in [0.15, 0.2) is 72.8 Å². The van der Waals surface area contributed by atoms with Crippen molar-refractivity contribution in [2.45, 2.75) is 6.92 Å². The van der Waals surface area contributed by atoms with E-state index in [0.29, 0.717) is 16.5 Å². The van der Waals surface area contributed by atoms with Crippen molar-refractivity contribution in [2.24, 2.45) is 0 Å². The molecular weight excluding hydrogens is 400 g/mol. The quantitative estimate of drug-likeness (QED) is 0.486. The van der Waals surface area contributed by atoms with Crippen LogP contribution in [0.1, 0.15) is 16.2 Å². The van der Waals surface area contributed by atoms with E-state index in [1.165, 1.54) is 0 Å². The standard InChI is InChI=1S/C23H19ClN4O2/c1-15-4-3-5-18(14-15)25-23(29)21-26-22(16-6-12-20(30-2)13-7-16)28(27-21)19-10-8-17(24)9-11-19/h3-14H,1-2H3,(H,25,29). The molecule has 1 heterocycles. The van der Waals surface area contributed by atoms with Crippen molar-refractivity contribution < 1.29 is 9.53 Å². The van der Waals surface area contributed by atoms with Gasteiger partial charge in [-0.25, -0.2) is 9.67 Å². The van der Waals surface area contributed by atoms with E-state index in [2.05, 4.69) is 15.4 Å². The van der Waals surface area contributed by atoms with Crippen LogP contribution in [0.4, 0.5) is 5.69 Å². The summed E-state index contributed by atoms with van der Waals surface area (Å²) in [6, 6.07) is 22.2. The molecule has 7 heteroatoms. The van der Waals surface area contributed by atoms with Crippen LogP contribution < -0.4 is 10.1 Å². The maximum absolute atomic E-state index is 12.8. The normalized spacial score (nSPS) is 10.6. The number of halogens is 1. The van der Waals surface area contributed by atoms with Crippen LogP contribution >= 0.6 is 11.6 Å². The zero-order valence-electron chi connectivity index (χ0n) is 16.5. The molecule has 0 radical (unpaired) electrons. The summed E-state index contributed by atoms with van der Waals surface area (Å²) in [6.07, 6.45) is 0. The maximum atomic E-state index is 12.8. The third-order valence-electron chi connectivity index (χ3n) is 4.51. The van der Waals surface area contributed by atoms with Gasteiger partial charge in [-0.2, -0.15) is 0 Å². The molecular formula is C23H19ClN4O2. The molecule has 1 N–H and O–H groups in total. The van der Waals surface area contributed by atoms with E-state index in [-0.39, 0.29) is 11.7 Å². The van der Waals surface area contributed by atoms with Crippen molar-refractivity contribution in [3.63, 3.8) is 0 Å². The van der Waals surface area contributed by atoms with E-state index < -0.39 is 0 Å². The van der Waals surface area contributed by atoms with Crippen LogP contribution in [0.2, 0.25) is 5.02 Å². The molecule has 0 aliphatic carbocycles. The van der Waals surface area contributed by atoms with Crippen molar-refractivity contribution in [3.05, 3.63) is 89.2 Å². The van der Waals surface area contributed by atoms with E-state index in [1.54, 1.807) is 23.9 Å². The number of aryl methyl sites for hydroxylation is 1. The smallest absolute Gasteiger partial charge is 0.295 e. The van der Waals surface area contributed by atoms with Crippen LogP contribution in [-0.2, 0) is 0 Å². The van der Waals surface area contributed by atoms with Gasteiger partial charge in [0, 0.05) is 16.3 Å². The summed E-state index contributed by atoms with van der Waals surface area (Å²) in [6.45, 7) is 1.96. The minimum Gasteiger partial charge on any atom is -0.497 e. The Hall–Kier alpha value is -3.64. The molecule has 0 bridgehead atoms. The van der Waals surface area contributed by atoms with Gasteiger partial charge in [-0.15, -0.1) is 5.10 Å². The Labute approximate surface area is 179 Å². The number of nitrogens with zero attached hydrogens (tertiary/aromatic N) is 3. The fourth-order valence-electron chi connectivity index (χ4n) is 3.01. The second-order valence-corrected chi connectivity index (χ2v) is 7.14. The van der Waals surface area contributed by atoms with Crippen LogP contribution in [0, 0.1) is 6.92 Å². The molecule has 0 saturated carbocycles. The van der Waals surface area contributed by atoms with E-state index in [4.69, 9.17) is 16.3 Å². The molecule has 0 spiro atoms. The molecule has 0 aliphatic rings. The number of carbonyl (C=O) groups excluding carboxylic acids is 1. The van der Waals surface area contributed by atoms with Crippen molar-refractivity contribution in [1.29, 1.82) is 0 Å². The topological polar surface area (TPSA) is 69.0 Å². The summed E-state index contributed by atoms with van der Waals surface area (Å²) in [5, 5.41) is 7.93. The van der Waals surface area contributed by atoms with Gasteiger partial charge in [-0.1, -0.05) is 23.7 Å². The summed E-state index contributed by atoms with van der Waals surface area (Å²) in [5.74, 6) is 0.948. The lowest BCUT2D eigenvalue weighted by atomic mass is 10.2. The Morgan fingerprint density at radius 3 is 2.43 bits per heavy atom. The Kier molecular flexibility index (Phi) is 5.50. The number of anilines is 1. The maximum Gasteiger partial charge on any atom is 0.295 e. The molecule has 0 aliphatic heterocycles. The number of hydrogen-bond donors (Lipinski definition) is 1. The number of ether oxygens (including phenoxy) is 1. The largest absolute Gasteiger partial charge is 0.497 e. The average molecular weight is 419 g/mol. The highest BCUT2D eigenvalue weighted by atomic mass is 35.5. The lowest BCUT2D eigenvalue weighted by molar-refractivity contribution is 0.101. The molecule has 0 atom stereocenters. The first-order valence-electron chi connectivity index (χ1n) is 9.29. The number of nitrogens with one attached hydrogen (secondary N) is 1. The van der Waals surface area contributed by atoms with Crippen LogP contribution in [0.25, 0.3) is 17.1 Å². The minimum absolute atomic E-state index is 0.0669. The highest BCUT2D eigenvalue weighted by Crippen LogP contribution is 2.25. The Bertz CT molecular complexity index is 1180. The van der Waals surface area contributed by atoms with Gasteiger partial charge in [-0.05, 0) is 73.2 Å². The third-order valence-corrected chi connectivity index (χ3v) is 4.76. The number of hydrogen-bond acceptors (Lipinski definition) is 4. The molecule has 30 heavy (non-hydrogen) atoms. The summed E-state index contributed by atoms with van der Waals surface area (Å²) in [5.41, 5.74) is 3.28. The second-order valence-electron chi connectivity index (χ2n) is 6.70. The van der Waals surface area contributed by atoms with E-state index in [9.17, 15) is 4.79 Å². The number of amides is 1. The molecule has 3 aromatic carbocycles. The number of benzene rings is 3. The van der Waals surface area contributed by atoms with Gasteiger partial charge in [0.1, 0.15) is 5.75 Å². The zero-order valence-corrected chi connectivity index (χ0v) is 17.2. The Morgan fingerprint density at radius 1 is 1.03 bits per heavy atom. The predicted octanol–water partition coefficient (Wildman–Crippen LogP) is 5.16. The highest BCUT2D eigenvalue weighted by molar-refractivity contribution is 6.30. The van der Waals surface area contributed by atoms with Crippen LogP contribution in [0.3, 0.4) is 0 Å². The molecule has 4 rings (SSSR count). The molecule has 150 valence electrons. The summed E-state index contributed by atoms with van der Waals surface area (Å²) in [4.78, 5) is 17.3. The molecule has 0 saturated heterocycles. The van der Waals surface area contributed by atoms with Gasteiger partial charge in [0.15, 0.2) is 5.82 Å². The van der Waals surface area contributed by atoms with Crippen LogP contribution in [0.5, 0.6) is 5.75 Å². The van der Waals surface area contributed by atoms with Crippen molar-refractivity contribution in [2.75, 3.05) is 12.4 Å². The predicted molar refractivity (Wildman–Crippen MR) is 117 cm³/mol. The van der Waals surface area contributed by atoms with Gasteiger partial charge in [-0.3, -0.25) is 4.79 Å². The molecule has 6 nitrogen and oxygen atoms in total. The summed E-state index contributed by atoms with van der Waals surface area (Å²) >= 11 is 6.02. The Balaban J connectivity index is 1.74. The van der Waals surface area contributed by atoms with E-state index in [0.717, 1.165) is 22.6 Å². The van der Waals surface area contributed by atoms with Crippen molar-refractivity contribution >= 4 is 23.2 Å². The van der Waals surface area contributed by atoms with Gasteiger partial charge >= 0.3 is 0 Å². The number of aromatic nitrogens is 3. The molecule has 1 aromatic heterocycles. The summed E-state index contributed by atoms with van der Waals surface area (Å²) in [7, 11) is 1.61.